The Kier molecular flexibility index (Phi) is 9.48. The SMILES string of the molecule is CN1CCN([C@@H]2CC[C@H](C(=O)Nc3cc(Nc4cc(-c5cc(Cl)ccc5F)nnc4SCCO)ccn3)C2)CC1. The van der Waals surface area contributed by atoms with E-state index in [-0.39, 0.29) is 24.0 Å². The zero-order chi connectivity index (χ0) is 28.1. The number of nitrogens with zero attached hydrogens (tertiary/aromatic N) is 5. The number of aromatic nitrogens is 3. The van der Waals surface area contributed by atoms with E-state index in [1.165, 1.54) is 30.0 Å². The average Bonchev–Trinajstić information content (AvgIpc) is 3.45. The first-order valence-corrected chi connectivity index (χ1v) is 14.8. The number of halogens is 2. The van der Waals surface area contributed by atoms with Crippen LogP contribution in [0.3, 0.4) is 0 Å². The van der Waals surface area contributed by atoms with Crippen LogP contribution in [0.4, 0.5) is 21.6 Å². The number of rotatable bonds is 9. The summed E-state index contributed by atoms with van der Waals surface area (Å²) >= 11 is 7.41. The fourth-order valence-electron chi connectivity index (χ4n) is 5.22. The normalized spacial score (nSPS) is 20.0. The molecule has 12 heteroatoms. The van der Waals surface area contributed by atoms with Crippen molar-refractivity contribution >= 4 is 46.5 Å². The second-order valence-electron chi connectivity index (χ2n) is 10.2. The summed E-state index contributed by atoms with van der Waals surface area (Å²) in [6.45, 7) is 4.22. The predicted molar refractivity (Wildman–Crippen MR) is 157 cm³/mol. The number of aliphatic hydroxyl groups is 1. The Labute approximate surface area is 242 Å². The molecule has 40 heavy (non-hydrogen) atoms. The number of aliphatic hydroxyl groups excluding tert-OH is 1. The van der Waals surface area contributed by atoms with Gasteiger partial charge < -0.3 is 20.6 Å². The lowest BCUT2D eigenvalue weighted by molar-refractivity contribution is -0.119. The van der Waals surface area contributed by atoms with Gasteiger partial charge in [0.2, 0.25) is 5.91 Å². The van der Waals surface area contributed by atoms with E-state index >= 15 is 0 Å². The Balaban J connectivity index is 1.28. The Morgan fingerprint density at radius 2 is 1.98 bits per heavy atom. The third-order valence-electron chi connectivity index (χ3n) is 7.41. The van der Waals surface area contributed by atoms with Gasteiger partial charge in [0.05, 0.1) is 18.0 Å². The quantitative estimate of drug-likeness (QED) is 0.313. The van der Waals surface area contributed by atoms with Crippen molar-refractivity contribution in [3.8, 4) is 11.3 Å². The van der Waals surface area contributed by atoms with Crippen LogP contribution in [0.2, 0.25) is 5.02 Å². The van der Waals surface area contributed by atoms with E-state index in [0.717, 1.165) is 45.4 Å². The molecule has 9 nitrogen and oxygen atoms in total. The molecule has 0 radical (unpaired) electrons. The van der Waals surface area contributed by atoms with Crippen molar-refractivity contribution in [2.75, 3.05) is 56.2 Å². The fraction of sp³-hybridized carbons (Fsp3) is 0.429. The lowest BCUT2D eigenvalue weighted by Gasteiger charge is -2.36. The van der Waals surface area contributed by atoms with Crippen molar-refractivity contribution in [1.82, 2.24) is 25.0 Å². The molecule has 2 fully saturated rings. The first-order chi connectivity index (χ1) is 19.4. The Morgan fingerprint density at radius 1 is 1.15 bits per heavy atom. The molecule has 3 heterocycles. The topological polar surface area (TPSA) is 107 Å². The molecule has 1 aliphatic heterocycles. The van der Waals surface area contributed by atoms with Crippen molar-refractivity contribution < 1.29 is 14.3 Å². The van der Waals surface area contributed by atoms with Gasteiger partial charge in [-0.1, -0.05) is 11.6 Å². The molecule has 3 aromatic rings. The Hall–Kier alpha value is -2.83. The summed E-state index contributed by atoms with van der Waals surface area (Å²) in [4.78, 5) is 22.3. The minimum absolute atomic E-state index is 0.00948. The van der Waals surface area contributed by atoms with E-state index in [2.05, 4.69) is 42.7 Å². The van der Waals surface area contributed by atoms with Crippen molar-refractivity contribution in [2.45, 2.75) is 30.3 Å². The van der Waals surface area contributed by atoms with Gasteiger partial charge in [-0.25, -0.2) is 9.37 Å². The second-order valence-corrected chi connectivity index (χ2v) is 11.7. The first kappa shape index (κ1) is 28.7. The highest BCUT2D eigenvalue weighted by molar-refractivity contribution is 7.99. The maximum absolute atomic E-state index is 14.5. The monoisotopic (exact) mass is 585 g/mol. The molecule has 3 N–H and O–H groups in total. The molecule has 1 amide bonds. The molecule has 0 unspecified atom stereocenters. The van der Waals surface area contributed by atoms with E-state index < -0.39 is 5.82 Å². The maximum atomic E-state index is 14.5. The predicted octanol–water partition coefficient (Wildman–Crippen LogP) is 4.51. The van der Waals surface area contributed by atoms with E-state index in [1.807, 2.05) is 0 Å². The molecule has 2 aliphatic rings. The number of thioether (sulfide) groups is 1. The van der Waals surface area contributed by atoms with Gasteiger partial charge in [-0.15, -0.1) is 22.0 Å². The number of carbonyl (C=O) groups excluding carboxylic acids is 1. The molecule has 5 rings (SSSR count). The molecule has 212 valence electrons. The number of nitrogens with one attached hydrogen (secondary N) is 2. The van der Waals surface area contributed by atoms with Crippen LogP contribution in [0, 0.1) is 11.7 Å². The third-order valence-corrected chi connectivity index (χ3v) is 8.61. The largest absolute Gasteiger partial charge is 0.396 e. The van der Waals surface area contributed by atoms with E-state index in [1.54, 1.807) is 24.4 Å². The molecule has 1 aliphatic carbocycles. The molecule has 2 atom stereocenters. The van der Waals surface area contributed by atoms with Crippen molar-refractivity contribution in [1.29, 1.82) is 0 Å². The Bertz CT molecular complexity index is 1340. The van der Waals surface area contributed by atoms with Crippen molar-refractivity contribution in [3.63, 3.8) is 0 Å². The lowest BCUT2D eigenvalue weighted by atomic mass is 10.1. The fourth-order valence-corrected chi connectivity index (χ4v) is 6.04. The van der Waals surface area contributed by atoms with Crippen LogP contribution in [0.1, 0.15) is 19.3 Å². The number of anilines is 3. The number of amides is 1. The molecule has 0 bridgehead atoms. The summed E-state index contributed by atoms with van der Waals surface area (Å²) in [5, 5.41) is 25.0. The second kappa shape index (κ2) is 13.2. The number of pyridine rings is 1. The molecule has 1 saturated carbocycles. The first-order valence-electron chi connectivity index (χ1n) is 13.4. The van der Waals surface area contributed by atoms with Crippen molar-refractivity contribution in [2.24, 2.45) is 5.92 Å². The van der Waals surface area contributed by atoms with Crippen molar-refractivity contribution in [3.05, 3.63) is 53.4 Å². The number of likely N-dealkylation sites (N-methyl/N-ethyl adjacent to an activating group) is 1. The number of piperazine rings is 1. The highest BCUT2D eigenvalue weighted by atomic mass is 35.5. The van der Waals surface area contributed by atoms with Crippen LogP contribution in [-0.2, 0) is 4.79 Å². The van der Waals surface area contributed by atoms with E-state index in [9.17, 15) is 14.3 Å². The lowest BCUT2D eigenvalue weighted by Crippen LogP contribution is -2.48. The molecular formula is C28H33ClFN7O2S. The summed E-state index contributed by atoms with van der Waals surface area (Å²) < 4.78 is 14.5. The Morgan fingerprint density at radius 3 is 2.77 bits per heavy atom. The number of carbonyl (C=O) groups is 1. The maximum Gasteiger partial charge on any atom is 0.228 e. The summed E-state index contributed by atoms with van der Waals surface area (Å²) in [7, 11) is 2.15. The third kappa shape index (κ3) is 7.08. The molecule has 1 saturated heterocycles. The van der Waals surface area contributed by atoms with E-state index in [4.69, 9.17) is 11.6 Å². The van der Waals surface area contributed by atoms with Crippen LogP contribution >= 0.6 is 23.4 Å². The van der Waals surface area contributed by atoms with Crippen LogP contribution in [0.25, 0.3) is 11.3 Å². The van der Waals surface area contributed by atoms with Gasteiger partial charge in [-0.3, -0.25) is 9.69 Å². The molecule has 1 aromatic carbocycles. The highest BCUT2D eigenvalue weighted by Crippen LogP contribution is 2.34. The summed E-state index contributed by atoms with van der Waals surface area (Å²) in [5.74, 6) is 0.360. The zero-order valence-electron chi connectivity index (χ0n) is 22.3. The van der Waals surface area contributed by atoms with Crippen LogP contribution in [0.5, 0.6) is 0 Å². The van der Waals surface area contributed by atoms with Crippen LogP contribution in [0.15, 0.2) is 47.6 Å². The number of benzene rings is 1. The van der Waals surface area contributed by atoms with Crippen LogP contribution < -0.4 is 10.6 Å². The highest BCUT2D eigenvalue weighted by Gasteiger charge is 2.34. The summed E-state index contributed by atoms with van der Waals surface area (Å²) in [6, 6.07) is 9.94. The number of hydrogen-bond acceptors (Lipinski definition) is 9. The van der Waals surface area contributed by atoms with Gasteiger partial charge in [0.1, 0.15) is 16.7 Å². The molecule has 0 spiro atoms. The number of hydrogen-bond donors (Lipinski definition) is 3. The van der Waals surface area contributed by atoms with Gasteiger partial charge in [-0.2, -0.15) is 0 Å². The molecule has 2 aromatic heterocycles. The molecular weight excluding hydrogens is 553 g/mol. The minimum Gasteiger partial charge on any atom is -0.396 e. The van der Waals surface area contributed by atoms with Gasteiger partial charge >= 0.3 is 0 Å². The smallest absolute Gasteiger partial charge is 0.228 e. The standard InChI is InChI=1S/C28H33ClFN7O2S/c1-36-8-10-37(11-9-36)21-4-2-18(14-21)27(39)33-26-16-20(6-7-31-26)32-25-17-24(34-35-28(25)40-13-12-38)22-15-19(29)3-5-23(22)30/h3,5-7,15-18,21,38H,2,4,8-14H2,1H3,(H2,31,32,33,34,39)/t18-,21+/m0/s1. The van der Waals surface area contributed by atoms with Gasteiger partial charge in [-0.05, 0) is 56.6 Å². The summed E-state index contributed by atoms with van der Waals surface area (Å²) in [6.07, 6.45) is 4.39. The zero-order valence-corrected chi connectivity index (χ0v) is 23.9. The van der Waals surface area contributed by atoms with Gasteiger partial charge in [0.25, 0.3) is 0 Å². The average molecular weight is 586 g/mol. The van der Waals surface area contributed by atoms with Gasteiger partial charge in [0, 0.05) is 72.4 Å². The van der Waals surface area contributed by atoms with Crippen LogP contribution in [-0.4, -0.2) is 87.6 Å². The van der Waals surface area contributed by atoms with Gasteiger partial charge in [0.15, 0.2) is 0 Å². The minimum atomic E-state index is -0.462. The van der Waals surface area contributed by atoms with E-state index in [0.29, 0.717) is 44.7 Å². The summed E-state index contributed by atoms with van der Waals surface area (Å²) in [5.41, 5.74) is 1.80.